The van der Waals surface area contributed by atoms with E-state index in [1.165, 1.54) is 4.31 Å². The largest absolute Gasteiger partial charge is 0.481 e. The molecule has 26 heavy (non-hydrogen) atoms. The summed E-state index contributed by atoms with van der Waals surface area (Å²) in [4.78, 5) is 26.3. The molecular formula is C18H30N2O5S. The number of aliphatic carboxylic acids is 1. The Morgan fingerprint density at radius 3 is 2.31 bits per heavy atom. The van der Waals surface area contributed by atoms with Gasteiger partial charge in [0, 0.05) is 37.5 Å². The molecule has 0 aromatic rings. The molecule has 1 unspecified atom stereocenters. The van der Waals surface area contributed by atoms with Crippen LogP contribution in [0.4, 0.5) is 0 Å². The van der Waals surface area contributed by atoms with E-state index in [0.717, 1.165) is 25.7 Å². The summed E-state index contributed by atoms with van der Waals surface area (Å²) in [6.07, 6.45) is 5.80. The number of carbonyl (C=O) groups is 2. The predicted octanol–water partition coefficient (Wildman–Crippen LogP) is 1.54. The molecule has 1 spiro atoms. The van der Waals surface area contributed by atoms with Crippen LogP contribution in [0, 0.1) is 17.3 Å². The van der Waals surface area contributed by atoms with Gasteiger partial charge in [-0.05, 0) is 32.1 Å². The van der Waals surface area contributed by atoms with E-state index in [2.05, 4.69) is 0 Å². The van der Waals surface area contributed by atoms with Gasteiger partial charge in [-0.2, -0.15) is 0 Å². The molecule has 0 radical (unpaired) electrons. The quantitative estimate of drug-likeness (QED) is 0.773. The third-order valence-electron chi connectivity index (χ3n) is 6.55. The molecule has 3 aliphatic rings. The lowest BCUT2D eigenvalue weighted by molar-refractivity contribution is -0.147. The normalized spacial score (nSPS) is 27.3. The minimum absolute atomic E-state index is 0.0573. The number of rotatable bonds is 5. The number of carbonyl (C=O) groups excluding carboxylic acids is 1. The Bertz CT molecular complexity index is 648. The summed E-state index contributed by atoms with van der Waals surface area (Å²) in [6, 6.07) is 0. The van der Waals surface area contributed by atoms with Gasteiger partial charge in [-0.1, -0.05) is 19.8 Å². The van der Waals surface area contributed by atoms with E-state index >= 15 is 0 Å². The van der Waals surface area contributed by atoms with Crippen LogP contribution in [-0.4, -0.2) is 66.5 Å². The van der Waals surface area contributed by atoms with Crippen LogP contribution in [-0.2, 0) is 19.6 Å². The summed E-state index contributed by atoms with van der Waals surface area (Å²) in [5, 5.41) is 9.69. The SMILES string of the molecule is CCCS(=O)(=O)N1CC(C(=O)O)C2(CCN(C(=O)C3CCCC3)CC2)C1. The Morgan fingerprint density at radius 1 is 1.15 bits per heavy atom. The average Bonchev–Trinajstić information content (AvgIpc) is 3.23. The van der Waals surface area contributed by atoms with Crippen LogP contribution in [0.2, 0.25) is 0 Å². The molecule has 2 heterocycles. The fraction of sp³-hybridized carbons (Fsp3) is 0.889. The Labute approximate surface area is 155 Å². The number of carboxylic acids is 1. The lowest BCUT2D eigenvalue weighted by Gasteiger charge is -2.42. The second-order valence-corrected chi connectivity index (χ2v) is 10.3. The fourth-order valence-electron chi connectivity index (χ4n) is 4.97. The van der Waals surface area contributed by atoms with Gasteiger partial charge in [0.2, 0.25) is 15.9 Å². The maximum atomic E-state index is 12.6. The van der Waals surface area contributed by atoms with Crippen molar-refractivity contribution >= 4 is 21.9 Å². The zero-order chi connectivity index (χ0) is 18.9. The topological polar surface area (TPSA) is 95.0 Å². The third-order valence-corrected chi connectivity index (χ3v) is 8.53. The minimum Gasteiger partial charge on any atom is -0.481 e. The zero-order valence-corrected chi connectivity index (χ0v) is 16.3. The first-order chi connectivity index (χ1) is 12.3. The van der Waals surface area contributed by atoms with E-state index in [4.69, 9.17) is 0 Å². The van der Waals surface area contributed by atoms with E-state index in [9.17, 15) is 23.1 Å². The Hall–Kier alpha value is -1.15. The highest BCUT2D eigenvalue weighted by Gasteiger charge is 2.54. The number of sulfonamides is 1. The molecule has 0 aromatic carbocycles. The second-order valence-electron chi connectivity index (χ2n) is 8.17. The molecule has 1 saturated carbocycles. The summed E-state index contributed by atoms with van der Waals surface area (Å²) in [5.41, 5.74) is -0.543. The molecule has 1 N–H and O–H groups in total. The van der Waals surface area contributed by atoms with E-state index in [-0.39, 0.29) is 30.7 Å². The van der Waals surface area contributed by atoms with Gasteiger partial charge in [-0.3, -0.25) is 9.59 Å². The summed E-state index contributed by atoms with van der Waals surface area (Å²) in [6.45, 7) is 3.23. The Morgan fingerprint density at radius 2 is 1.77 bits per heavy atom. The molecule has 148 valence electrons. The number of nitrogens with zero attached hydrogens (tertiary/aromatic N) is 2. The molecule has 3 fully saturated rings. The van der Waals surface area contributed by atoms with Gasteiger partial charge in [0.15, 0.2) is 0 Å². The van der Waals surface area contributed by atoms with Crippen LogP contribution in [0.3, 0.4) is 0 Å². The lowest BCUT2D eigenvalue weighted by Crippen LogP contribution is -2.49. The van der Waals surface area contributed by atoms with Crippen molar-refractivity contribution in [2.45, 2.75) is 51.9 Å². The van der Waals surface area contributed by atoms with Gasteiger partial charge >= 0.3 is 5.97 Å². The van der Waals surface area contributed by atoms with Crippen LogP contribution in [0.15, 0.2) is 0 Å². The molecule has 2 aliphatic heterocycles. The maximum absolute atomic E-state index is 12.6. The maximum Gasteiger partial charge on any atom is 0.308 e. The van der Waals surface area contributed by atoms with Crippen molar-refractivity contribution in [2.24, 2.45) is 17.3 Å². The molecular weight excluding hydrogens is 356 g/mol. The van der Waals surface area contributed by atoms with Crippen molar-refractivity contribution in [1.29, 1.82) is 0 Å². The molecule has 1 atom stereocenters. The highest BCUT2D eigenvalue weighted by atomic mass is 32.2. The highest BCUT2D eigenvalue weighted by Crippen LogP contribution is 2.46. The fourth-order valence-corrected chi connectivity index (χ4v) is 6.58. The molecule has 7 nitrogen and oxygen atoms in total. The number of hydrogen-bond donors (Lipinski definition) is 1. The van der Waals surface area contributed by atoms with Gasteiger partial charge in [-0.25, -0.2) is 12.7 Å². The van der Waals surface area contributed by atoms with Gasteiger partial charge in [0.1, 0.15) is 0 Å². The smallest absolute Gasteiger partial charge is 0.308 e. The number of piperidine rings is 1. The molecule has 1 aliphatic carbocycles. The van der Waals surface area contributed by atoms with E-state index in [1.807, 2.05) is 11.8 Å². The number of amides is 1. The van der Waals surface area contributed by atoms with Gasteiger partial charge in [-0.15, -0.1) is 0 Å². The zero-order valence-electron chi connectivity index (χ0n) is 15.5. The van der Waals surface area contributed by atoms with Gasteiger partial charge < -0.3 is 10.0 Å². The molecule has 3 rings (SSSR count). The average molecular weight is 387 g/mol. The third kappa shape index (κ3) is 3.63. The van der Waals surface area contributed by atoms with E-state index in [0.29, 0.717) is 32.4 Å². The molecule has 0 bridgehead atoms. The van der Waals surface area contributed by atoms with Crippen molar-refractivity contribution in [2.75, 3.05) is 31.9 Å². The Kier molecular flexibility index (Phi) is 5.63. The van der Waals surface area contributed by atoms with Gasteiger partial charge in [0.25, 0.3) is 0 Å². The number of hydrogen-bond acceptors (Lipinski definition) is 4. The van der Waals surface area contributed by atoms with Crippen molar-refractivity contribution < 1.29 is 23.1 Å². The minimum atomic E-state index is -3.41. The van der Waals surface area contributed by atoms with Crippen LogP contribution < -0.4 is 0 Å². The molecule has 0 aromatic heterocycles. The second kappa shape index (κ2) is 7.46. The summed E-state index contributed by atoms with van der Waals surface area (Å²) < 4.78 is 26.3. The first-order valence-corrected chi connectivity index (χ1v) is 11.4. The molecule has 8 heteroatoms. The molecule has 1 amide bonds. The van der Waals surface area contributed by atoms with Crippen molar-refractivity contribution in [3.8, 4) is 0 Å². The first-order valence-electron chi connectivity index (χ1n) is 9.78. The standard InChI is InChI=1S/C18H30N2O5S/c1-2-11-26(24,25)20-12-15(17(22)23)18(13-20)7-9-19(10-8-18)16(21)14-5-3-4-6-14/h14-15H,2-13H2,1H3,(H,22,23). The van der Waals surface area contributed by atoms with E-state index < -0.39 is 27.3 Å². The predicted molar refractivity (Wildman–Crippen MR) is 97.0 cm³/mol. The monoisotopic (exact) mass is 386 g/mol. The summed E-state index contributed by atoms with van der Waals surface area (Å²) in [5.74, 6) is -1.21. The van der Waals surface area contributed by atoms with Crippen molar-refractivity contribution in [1.82, 2.24) is 9.21 Å². The highest BCUT2D eigenvalue weighted by molar-refractivity contribution is 7.89. The van der Waals surface area contributed by atoms with Crippen LogP contribution in [0.5, 0.6) is 0 Å². The van der Waals surface area contributed by atoms with Crippen molar-refractivity contribution in [3.05, 3.63) is 0 Å². The van der Waals surface area contributed by atoms with Crippen LogP contribution in [0.25, 0.3) is 0 Å². The van der Waals surface area contributed by atoms with Crippen LogP contribution >= 0.6 is 0 Å². The lowest BCUT2D eigenvalue weighted by atomic mass is 9.70. The Balaban J connectivity index is 1.70. The first kappa shape index (κ1) is 19.6. The molecule has 2 saturated heterocycles. The number of likely N-dealkylation sites (tertiary alicyclic amines) is 1. The van der Waals surface area contributed by atoms with Gasteiger partial charge in [0.05, 0.1) is 11.7 Å². The van der Waals surface area contributed by atoms with Crippen LogP contribution in [0.1, 0.15) is 51.9 Å². The van der Waals surface area contributed by atoms with Crippen molar-refractivity contribution in [3.63, 3.8) is 0 Å². The number of carboxylic acid groups (broad SMARTS) is 1. The van der Waals surface area contributed by atoms with E-state index in [1.54, 1.807) is 0 Å². The summed E-state index contributed by atoms with van der Waals surface area (Å²) >= 11 is 0. The summed E-state index contributed by atoms with van der Waals surface area (Å²) in [7, 11) is -3.41.